The zero-order valence-electron chi connectivity index (χ0n) is 12.2. The van der Waals surface area contributed by atoms with Gasteiger partial charge in [0.2, 0.25) is 5.89 Å². The lowest BCUT2D eigenvalue weighted by Crippen LogP contribution is -2.31. The fraction of sp³-hybridized carbons (Fsp3) is 0.846. The van der Waals surface area contributed by atoms with Gasteiger partial charge >= 0.3 is 0 Å². The van der Waals surface area contributed by atoms with E-state index in [2.05, 4.69) is 41.0 Å². The minimum Gasteiger partial charge on any atom is -0.338 e. The highest BCUT2D eigenvalue weighted by Crippen LogP contribution is 2.22. The second kappa shape index (κ2) is 6.45. The zero-order chi connectivity index (χ0) is 13.8. The molecule has 6 heteroatoms. The number of hydrogen-bond donors (Lipinski definition) is 1. The van der Waals surface area contributed by atoms with Gasteiger partial charge in [0.25, 0.3) is 0 Å². The summed E-state index contributed by atoms with van der Waals surface area (Å²) < 4.78 is 5.33. The van der Waals surface area contributed by atoms with Gasteiger partial charge in [0.1, 0.15) is 0 Å². The van der Waals surface area contributed by atoms with Crippen molar-refractivity contribution in [3.63, 3.8) is 0 Å². The lowest BCUT2D eigenvalue weighted by atomic mass is 10.2. The predicted molar refractivity (Wildman–Crippen MR) is 73.6 cm³/mol. The molecule has 0 radical (unpaired) electrons. The quantitative estimate of drug-likeness (QED) is 0.883. The van der Waals surface area contributed by atoms with E-state index in [0.29, 0.717) is 5.89 Å². The number of hydrogen-bond acceptors (Lipinski definition) is 6. The van der Waals surface area contributed by atoms with Crippen LogP contribution < -0.4 is 5.73 Å². The fourth-order valence-corrected chi connectivity index (χ4v) is 2.52. The minimum absolute atomic E-state index is 0.139. The van der Waals surface area contributed by atoms with Crippen molar-refractivity contribution in [2.24, 2.45) is 5.73 Å². The van der Waals surface area contributed by atoms with Gasteiger partial charge in [-0.3, -0.25) is 4.90 Å². The van der Waals surface area contributed by atoms with Gasteiger partial charge in [0, 0.05) is 6.54 Å². The van der Waals surface area contributed by atoms with Crippen LogP contribution in [0.5, 0.6) is 0 Å². The molecular weight excluding hydrogens is 242 g/mol. The van der Waals surface area contributed by atoms with E-state index in [1.165, 1.54) is 6.42 Å². The van der Waals surface area contributed by atoms with Gasteiger partial charge in [-0.1, -0.05) is 18.5 Å². The van der Waals surface area contributed by atoms with Gasteiger partial charge in [0.15, 0.2) is 5.82 Å². The first-order chi connectivity index (χ1) is 9.11. The molecule has 0 saturated carbocycles. The van der Waals surface area contributed by atoms with Crippen LogP contribution in [0, 0.1) is 0 Å². The Morgan fingerprint density at radius 1 is 1.42 bits per heavy atom. The number of rotatable bonds is 4. The molecule has 1 aromatic rings. The predicted octanol–water partition coefficient (Wildman–Crippen LogP) is 1.18. The van der Waals surface area contributed by atoms with Crippen LogP contribution >= 0.6 is 0 Å². The molecule has 1 saturated heterocycles. The molecule has 1 aliphatic rings. The molecule has 1 unspecified atom stereocenters. The van der Waals surface area contributed by atoms with E-state index in [4.69, 9.17) is 10.3 Å². The Morgan fingerprint density at radius 3 is 2.95 bits per heavy atom. The Kier molecular flexibility index (Phi) is 4.90. The summed E-state index contributed by atoms with van der Waals surface area (Å²) in [5.74, 6) is 1.33. The molecule has 0 bridgehead atoms. The maximum Gasteiger partial charge on any atom is 0.243 e. The summed E-state index contributed by atoms with van der Waals surface area (Å²) in [5.41, 5.74) is 6.02. The molecule has 19 heavy (non-hydrogen) atoms. The Bertz CT molecular complexity index is 394. The maximum atomic E-state index is 6.02. The number of likely N-dealkylation sites (N-methyl/N-ethyl adjacent to an activating group) is 2. The molecular formula is C13H25N5O. The summed E-state index contributed by atoms with van der Waals surface area (Å²) in [5, 5.41) is 4.14. The second-order valence-electron chi connectivity index (χ2n) is 5.50. The van der Waals surface area contributed by atoms with E-state index in [1.807, 2.05) is 0 Å². The number of nitrogens with two attached hydrogens (primary N) is 1. The van der Waals surface area contributed by atoms with Crippen molar-refractivity contribution in [3.05, 3.63) is 11.7 Å². The summed E-state index contributed by atoms with van der Waals surface area (Å²) in [4.78, 5) is 9.12. The van der Waals surface area contributed by atoms with Gasteiger partial charge in [-0.05, 0) is 40.0 Å². The largest absolute Gasteiger partial charge is 0.338 e. The lowest BCUT2D eigenvalue weighted by molar-refractivity contribution is 0.214. The molecule has 2 rings (SSSR count). The summed E-state index contributed by atoms with van der Waals surface area (Å²) >= 11 is 0. The van der Waals surface area contributed by atoms with Gasteiger partial charge in [-0.15, -0.1) is 0 Å². The smallest absolute Gasteiger partial charge is 0.243 e. The third kappa shape index (κ3) is 3.52. The number of nitrogens with zero attached hydrogens (tertiary/aromatic N) is 4. The van der Waals surface area contributed by atoms with E-state index >= 15 is 0 Å². The van der Waals surface area contributed by atoms with E-state index in [1.54, 1.807) is 0 Å². The van der Waals surface area contributed by atoms with Crippen LogP contribution in [0.3, 0.4) is 0 Å². The van der Waals surface area contributed by atoms with Crippen LogP contribution in [0.15, 0.2) is 4.52 Å². The molecule has 1 aliphatic heterocycles. The van der Waals surface area contributed by atoms with E-state index in [0.717, 1.165) is 38.3 Å². The summed E-state index contributed by atoms with van der Waals surface area (Å²) in [6, 6.07) is 0.0545. The molecule has 2 heterocycles. The Hall–Kier alpha value is -0.980. The van der Waals surface area contributed by atoms with Crippen LogP contribution in [-0.4, -0.2) is 53.7 Å². The van der Waals surface area contributed by atoms with Crippen LogP contribution in [-0.2, 0) is 0 Å². The summed E-state index contributed by atoms with van der Waals surface area (Å²) in [6.07, 6.45) is 3.07. The van der Waals surface area contributed by atoms with Gasteiger partial charge in [0.05, 0.1) is 12.1 Å². The Balaban J connectivity index is 2.11. The van der Waals surface area contributed by atoms with Crippen molar-refractivity contribution in [1.29, 1.82) is 0 Å². The van der Waals surface area contributed by atoms with E-state index < -0.39 is 0 Å². The fourth-order valence-electron chi connectivity index (χ4n) is 2.52. The van der Waals surface area contributed by atoms with Crippen LogP contribution in [0.4, 0.5) is 0 Å². The number of aromatic nitrogens is 2. The molecule has 1 fully saturated rings. The third-order valence-corrected chi connectivity index (χ3v) is 3.74. The molecule has 0 amide bonds. The van der Waals surface area contributed by atoms with E-state index in [9.17, 15) is 0 Å². The van der Waals surface area contributed by atoms with Crippen molar-refractivity contribution in [2.45, 2.75) is 38.3 Å². The first-order valence-corrected chi connectivity index (χ1v) is 7.09. The van der Waals surface area contributed by atoms with Gasteiger partial charge in [-0.25, -0.2) is 0 Å². The standard InChI is InChI=1S/C13H25N5O/c1-4-6-10(14)13-15-12(16-19-13)11-9-17(2)7-5-8-18(11)3/h10-11H,4-9,14H2,1-3H3/t10-,11?/m1/s1. The average molecular weight is 267 g/mol. The molecule has 1 aromatic heterocycles. The third-order valence-electron chi connectivity index (χ3n) is 3.74. The van der Waals surface area contributed by atoms with Crippen molar-refractivity contribution in [1.82, 2.24) is 19.9 Å². The topological polar surface area (TPSA) is 71.4 Å². The Morgan fingerprint density at radius 2 is 2.21 bits per heavy atom. The highest BCUT2D eigenvalue weighted by atomic mass is 16.5. The summed E-state index contributed by atoms with van der Waals surface area (Å²) in [6.45, 7) is 5.20. The van der Waals surface area contributed by atoms with Gasteiger partial charge in [-0.2, -0.15) is 4.98 Å². The molecule has 0 aromatic carbocycles. The lowest BCUT2D eigenvalue weighted by Gasteiger charge is -2.24. The highest BCUT2D eigenvalue weighted by Gasteiger charge is 2.27. The highest BCUT2D eigenvalue weighted by molar-refractivity contribution is 4.99. The molecule has 0 spiro atoms. The van der Waals surface area contributed by atoms with E-state index in [-0.39, 0.29) is 12.1 Å². The normalized spacial score (nSPS) is 24.3. The van der Waals surface area contributed by atoms with Crippen LogP contribution in [0.1, 0.15) is 50.0 Å². The maximum absolute atomic E-state index is 6.02. The van der Waals surface area contributed by atoms with Crippen LogP contribution in [0.25, 0.3) is 0 Å². The van der Waals surface area contributed by atoms with Crippen LogP contribution in [0.2, 0.25) is 0 Å². The zero-order valence-corrected chi connectivity index (χ0v) is 12.2. The average Bonchev–Trinajstić information content (AvgIpc) is 2.79. The van der Waals surface area contributed by atoms with Crippen molar-refractivity contribution < 1.29 is 4.52 Å². The second-order valence-corrected chi connectivity index (χ2v) is 5.50. The van der Waals surface area contributed by atoms with Crippen molar-refractivity contribution >= 4 is 0 Å². The Labute approximate surface area is 114 Å². The monoisotopic (exact) mass is 267 g/mol. The SMILES string of the molecule is CCC[C@@H](N)c1nc(C2CN(C)CCCN2C)no1. The molecule has 2 N–H and O–H groups in total. The molecule has 6 nitrogen and oxygen atoms in total. The van der Waals surface area contributed by atoms with Crippen molar-refractivity contribution in [2.75, 3.05) is 33.7 Å². The molecule has 108 valence electrons. The minimum atomic E-state index is -0.139. The summed E-state index contributed by atoms with van der Waals surface area (Å²) in [7, 11) is 4.25. The first-order valence-electron chi connectivity index (χ1n) is 7.09. The molecule has 2 atom stereocenters. The van der Waals surface area contributed by atoms with Crippen molar-refractivity contribution in [3.8, 4) is 0 Å². The van der Waals surface area contributed by atoms with Gasteiger partial charge < -0.3 is 15.2 Å². The first kappa shape index (κ1) is 14.4. The molecule has 0 aliphatic carbocycles.